The Morgan fingerprint density at radius 2 is 1.94 bits per heavy atom. The largest absolute Gasteiger partial charge is 0.460 e. The summed E-state index contributed by atoms with van der Waals surface area (Å²) in [5, 5.41) is 2.71. The minimum atomic E-state index is -4.51. The summed E-state index contributed by atoms with van der Waals surface area (Å²) in [4.78, 5) is 29.0. The average molecular weight is 479 g/mol. The third-order valence-corrected chi connectivity index (χ3v) is 6.05. The van der Waals surface area contributed by atoms with Crippen molar-refractivity contribution in [3.05, 3.63) is 53.7 Å². The number of benzene rings is 1. The van der Waals surface area contributed by atoms with Crippen molar-refractivity contribution in [3.8, 4) is 0 Å². The SMILES string of the molecule is CC(C)[C@H]1CC[C@@H](C)C[C@@H]1OC(=O)COC(=O)c1cccnc1Nc1cccc(C(F)(F)F)c1. The molecule has 1 heterocycles. The van der Waals surface area contributed by atoms with Crippen LogP contribution >= 0.6 is 0 Å². The second-order valence-corrected chi connectivity index (χ2v) is 9.03. The van der Waals surface area contributed by atoms with Gasteiger partial charge >= 0.3 is 18.1 Å². The molecule has 34 heavy (non-hydrogen) atoms. The second-order valence-electron chi connectivity index (χ2n) is 9.03. The van der Waals surface area contributed by atoms with Gasteiger partial charge in [0.2, 0.25) is 0 Å². The van der Waals surface area contributed by atoms with Gasteiger partial charge in [0.05, 0.1) is 5.56 Å². The normalized spacial score (nSPS) is 20.6. The van der Waals surface area contributed by atoms with Crippen molar-refractivity contribution in [2.45, 2.75) is 52.3 Å². The van der Waals surface area contributed by atoms with Gasteiger partial charge < -0.3 is 14.8 Å². The van der Waals surface area contributed by atoms with E-state index >= 15 is 0 Å². The molecule has 3 rings (SSSR count). The van der Waals surface area contributed by atoms with E-state index in [1.165, 1.54) is 30.5 Å². The van der Waals surface area contributed by atoms with E-state index in [-0.39, 0.29) is 29.1 Å². The first-order valence-electron chi connectivity index (χ1n) is 11.3. The molecule has 1 aromatic heterocycles. The highest BCUT2D eigenvalue weighted by molar-refractivity contribution is 5.96. The van der Waals surface area contributed by atoms with Crippen molar-refractivity contribution in [2.75, 3.05) is 11.9 Å². The quantitative estimate of drug-likeness (QED) is 0.492. The van der Waals surface area contributed by atoms with Crippen molar-refractivity contribution in [1.82, 2.24) is 4.98 Å². The highest BCUT2D eigenvalue weighted by atomic mass is 19.4. The summed E-state index contributed by atoms with van der Waals surface area (Å²) >= 11 is 0. The zero-order chi connectivity index (χ0) is 24.9. The fourth-order valence-electron chi connectivity index (χ4n) is 4.23. The first-order valence-corrected chi connectivity index (χ1v) is 11.3. The van der Waals surface area contributed by atoms with Gasteiger partial charge in [-0.3, -0.25) is 0 Å². The van der Waals surface area contributed by atoms with Crippen LogP contribution in [-0.4, -0.2) is 29.6 Å². The molecule has 1 aromatic carbocycles. The Bertz CT molecular complexity index is 1010. The van der Waals surface area contributed by atoms with Gasteiger partial charge in [-0.05, 0) is 60.9 Å². The van der Waals surface area contributed by atoms with Gasteiger partial charge in [0.1, 0.15) is 17.5 Å². The maximum Gasteiger partial charge on any atom is 0.416 e. The lowest BCUT2D eigenvalue weighted by Gasteiger charge is -2.36. The highest BCUT2D eigenvalue weighted by Gasteiger charge is 2.34. The third kappa shape index (κ3) is 6.71. The minimum Gasteiger partial charge on any atom is -0.460 e. The van der Waals surface area contributed by atoms with Crippen LogP contribution in [0.4, 0.5) is 24.7 Å². The van der Waals surface area contributed by atoms with E-state index in [2.05, 4.69) is 31.1 Å². The first-order chi connectivity index (χ1) is 16.0. The van der Waals surface area contributed by atoms with Gasteiger partial charge in [-0.15, -0.1) is 0 Å². The van der Waals surface area contributed by atoms with Gasteiger partial charge in [0.25, 0.3) is 0 Å². The Morgan fingerprint density at radius 3 is 2.65 bits per heavy atom. The van der Waals surface area contributed by atoms with Crippen molar-refractivity contribution >= 4 is 23.4 Å². The molecule has 0 unspecified atom stereocenters. The van der Waals surface area contributed by atoms with E-state index in [0.717, 1.165) is 31.4 Å². The van der Waals surface area contributed by atoms with E-state index < -0.39 is 30.3 Å². The van der Waals surface area contributed by atoms with Crippen molar-refractivity contribution in [2.24, 2.45) is 17.8 Å². The van der Waals surface area contributed by atoms with Gasteiger partial charge in [0.15, 0.2) is 6.61 Å². The highest BCUT2D eigenvalue weighted by Crippen LogP contribution is 2.35. The van der Waals surface area contributed by atoms with Gasteiger partial charge in [-0.2, -0.15) is 13.2 Å². The fraction of sp³-hybridized carbons (Fsp3) is 0.480. The van der Waals surface area contributed by atoms with Crippen molar-refractivity contribution < 1.29 is 32.2 Å². The molecule has 9 heteroatoms. The molecule has 6 nitrogen and oxygen atoms in total. The lowest BCUT2D eigenvalue weighted by molar-refractivity contribution is -0.159. The second kappa shape index (κ2) is 10.9. The number of anilines is 2. The molecule has 0 amide bonds. The molecule has 184 valence electrons. The number of carbonyl (C=O) groups excluding carboxylic acids is 2. The molecular formula is C25H29F3N2O4. The molecule has 1 saturated carbocycles. The molecular weight excluding hydrogens is 449 g/mol. The number of halogens is 3. The lowest BCUT2D eigenvalue weighted by atomic mass is 9.75. The number of nitrogens with one attached hydrogen (secondary N) is 1. The van der Waals surface area contributed by atoms with Gasteiger partial charge in [-0.25, -0.2) is 14.6 Å². The molecule has 3 atom stereocenters. The molecule has 0 spiro atoms. The van der Waals surface area contributed by atoms with Crippen molar-refractivity contribution in [1.29, 1.82) is 0 Å². The molecule has 0 aliphatic heterocycles. The summed E-state index contributed by atoms with van der Waals surface area (Å²) in [7, 11) is 0. The third-order valence-electron chi connectivity index (χ3n) is 6.05. The summed E-state index contributed by atoms with van der Waals surface area (Å²) in [6.07, 6.45) is -0.487. The number of aromatic nitrogens is 1. The summed E-state index contributed by atoms with van der Waals surface area (Å²) in [6.45, 7) is 5.76. The van der Waals surface area contributed by atoms with Crippen LogP contribution in [0.2, 0.25) is 0 Å². The fourth-order valence-corrected chi connectivity index (χ4v) is 4.23. The predicted molar refractivity (Wildman–Crippen MR) is 120 cm³/mol. The van der Waals surface area contributed by atoms with E-state index in [0.29, 0.717) is 11.8 Å². The van der Waals surface area contributed by atoms with Crippen LogP contribution in [0, 0.1) is 17.8 Å². The van der Waals surface area contributed by atoms with E-state index in [9.17, 15) is 22.8 Å². The zero-order valence-corrected chi connectivity index (χ0v) is 19.4. The number of carbonyl (C=O) groups is 2. The van der Waals surface area contributed by atoms with Crippen LogP contribution in [0.1, 0.15) is 56.0 Å². The number of ether oxygens (including phenoxy) is 2. The van der Waals surface area contributed by atoms with Crippen LogP contribution in [0.15, 0.2) is 42.6 Å². The molecule has 0 saturated heterocycles. The molecule has 2 aromatic rings. The monoisotopic (exact) mass is 478 g/mol. The number of alkyl halides is 3. The van der Waals surface area contributed by atoms with Crippen LogP contribution < -0.4 is 5.32 Å². The zero-order valence-electron chi connectivity index (χ0n) is 19.4. The van der Waals surface area contributed by atoms with E-state index in [4.69, 9.17) is 9.47 Å². The number of rotatable bonds is 7. The summed E-state index contributed by atoms with van der Waals surface area (Å²) in [6, 6.07) is 7.43. The minimum absolute atomic E-state index is 0.0148. The number of esters is 2. The van der Waals surface area contributed by atoms with Crippen LogP contribution in [0.25, 0.3) is 0 Å². The molecule has 1 N–H and O–H groups in total. The maximum absolute atomic E-state index is 13.0. The number of nitrogens with zero attached hydrogens (tertiary/aromatic N) is 1. The number of hydrogen-bond acceptors (Lipinski definition) is 6. The smallest absolute Gasteiger partial charge is 0.416 e. The van der Waals surface area contributed by atoms with Crippen LogP contribution in [0.3, 0.4) is 0 Å². The molecule has 1 fully saturated rings. The lowest BCUT2D eigenvalue weighted by Crippen LogP contribution is -2.36. The van der Waals surface area contributed by atoms with Crippen LogP contribution in [0.5, 0.6) is 0 Å². The Morgan fingerprint density at radius 1 is 1.18 bits per heavy atom. The predicted octanol–water partition coefficient (Wildman–Crippen LogP) is 6.00. The first kappa shape index (κ1) is 25.5. The Hall–Kier alpha value is -3.10. The summed E-state index contributed by atoms with van der Waals surface area (Å²) in [5.41, 5.74) is -0.746. The Labute approximate surface area is 196 Å². The van der Waals surface area contributed by atoms with Gasteiger partial charge in [0, 0.05) is 11.9 Å². The molecule has 1 aliphatic carbocycles. The topological polar surface area (TPSA) is 77.5 Å². The molecule has 0 radical (unpaired) electrons. The Balaban J connectivity index is 1.63. The number of hydrogen-bond donors (Lipinski definition) is 1. The summed E-state index contributed by atoms with van der Waals surface area (Å²) < 4.78 is 49.7. The standard InChI is InChI=1S/C25H29F3N2O4/c1-15(2)19-10-9-16(3)12-21(19)34-22(31)14-33-24(32)20-8-5-11-29-23(20)30-18-7-4-6-17(13-18)25(26,27)28/h4-8,11,13,15-16,19,21H,9-10,12,14H2,1-3H3,(H,29,30)/t16-,19-,21+/m1/s1. The van der Waals surface area contributed by atoms with E-state index in [1.54, 1.807) is 0 Å². The summed E-state index contributed by atoms with van der Waals surface area (Å²) in [5.74, 6) is -0.368. The average Bonchev–Trinajstić information content (AvgIpc) is 2.77. The molecule has 1 aliphatic rings. The molecule has 0 bridgehead atoms. The van der Waals surface area contributed by atoms with Crippen molar-refractivity contribution in [3.63, 3.8) is 0 Å². The van der Waals surface area contributed by atoms with E-state index in [1.807, 2.05) is 0 Å². The van der Waals surface area contributed by atoms with Gasteiger partial charge in [-0.1, -0.05) is 33.3 Å². The maximum atomic E-state index is 13.0. The number of pyridine rings is 1. The Kier molecular flexibility index (Phi) is 8.17. The van der Waals surface area contributed by atoms with Crippen LogP contribution in [-0.2, 0) is 20.4 Å².